The summed E-state index contributed by atoms with van der Waals surface area (Å²) in [7, 11) is 1.27. The quantitative estimate of drug-likeness (QED) is 0.707. The summed E-state index contributed by atoms with van der Waals surface area (Å²) >= 11 is 0. The second kappa shape index (κ2) is 7.60. The van der Waals surface area contributed by atoms with Gasteiger partial charge in [0, 0.05) is 11.9 Å². The van der Waals surface area contributed by atoms with Gasteiger partial charge < -0.3 is 9.64 Å². The Hall–Kier alpha value is -3.48. The molecule has 0 fully saturated rings. The highest BCUT2D eigenvalue weighted by Crippen LogP contribution is 2.16. The van der Waals surface area contributed by atoms with E-state index in [1.165, 1.54) is 12.0 Å². The van der Waals surface area contributed by atoms with Gasteiger partial charge in [-0.2, -0.15) is 5.10 Å². The third kappa shape index (κ3) is 3.61. The molecule has 7 heteroatoms. The van der Waals surface area contributed by atoms with E-state index in [1.807, 2.05) is 30.3 Å². The molecule has 0 spiro atoms. The summed E-state index contributed by atoms with van der Waals surface area (Å²) in [5.74, 6) is -1.00. The summed E-state index contributed by atoms with van der Waals surface area (Å²) in [6.07, 6.45) is 0. The number of fused-ring (bicyclic) bond motifs is 1. The first-order valence-electron chi connectivity index (χ1n) is 7.97. The Morgan fingerprint density at radius 1 is 1.04 bits per heavy atom. The van der Waals surface area contributed by atoms with E-state index in [0.29, 0.717) is 10.8 Å². The number of nitrogens with zero attached hydrogens (tertiary/aromatic N) is 2. The Balaban J connectivity index is 2.01. The zero-order valence-corrected chi connectivity index (χ0v) is 14.1. The molecule has 3 rings (SSSR count). The van der Waals surface area contributed by atoms with Gasteiger partial charge in [-0.25, -0.2) is 5.10 Å². The van der Waals surface area contributed by atoms with Gasteiger partial charge >= 0.3 is 5.97 Å². The van der Waals surface area contributed by atoms with Crippen molar-refractivity contribution in [2.75, 3.05) is 13.7 Å². The van der Waals surface area contributed by atoms with E-state index >= 15 is 0 Å². The monoisotopic (exact) mass is 351 g/mol. The number of carbonyl (C=O) groups is 2. The SMILES string of the molecule is COC(=O)CN(Cc1ccccc1)C(=O)c1n[nH]c(=O)c2ccccc12. The largest absolute Gasteiger partial charge is 0.468 e. The van der Waals surface area contributed by atoms with Gasteiger partial charge in [0.2, 0.25) is 0 Å². The number of amides is 1. The Morgan fingerprint density at radius 2 is 1.69 bits per heavy atom. The lowest BCUT2D eigenvalue weighted by atomic mass is 10.1. The molecule has 132 valence electrons. The molecule has 3 aromatic rings. The molecular formula is C19H17N3O4. The molecule has 0 unspecified atom stereocenters. The van der Waals surface area contributed by atoms with Crippen molar-refractivity contribution in [3.63, 3.8) is 0 Å². The number of H-pyrrole nitrogens is 1. The maximum Gasteiger partial charge on any atom is 0.325 e. The first kappa shape index (κ1) is 17.3. The van der Waals surface area contributed by atoms with Crippen molar-refractivity contribution in [2.24, 2.45) is 0 Å². The Kier molecular flexibility index (Phi) is 5.07. The van der Waals surface area contributed by atoms with Crippen molar-refractivity contribution in [1.29, 1.82) is 0 Å². The van der Waals surface area contributed by atoms with E-state index in [1.54, 1.807) is 24.3 Å². The van der Waals surface area contributed by atoms with Gasteiger partial charge in [-0.3, -0.25) is 14.4 Å². The number of nitrogens with one attached hydrogen (secondary N) is 1. The number of carbonyl (C=O) groups excluding carboxylic acids is 2. The van der Waals surface area contributed by atoms with E-state index in [0.717, 1.165) is 5.56 Å². The summed E-state index contributed by atoms with van der Waals surface area (Å²) in [5.41, 5.74) is 0.568. The predicted molar refractivity (Wildman–Crippen MR) is 95.6 cm³/mol. The van der Waals surface area contributed by atoms with Gasteiger partial charge in [0.25, 0.3) is 11.5 Å². The summed E-state index contributed by atoms with van der Waals surface area (Å²) in [4.78, 5) is 38.1. The summed E-state index contributed by atoms with van der Waals surface area (Å²) < 4.78 is 4.70. The van der Waals surface area contributed by atoms with Gasteiger partial charge in [-0.1, -0.05) is 48.5 Å². The number of hydrogen-bond donors (Lipinski definition) is 1. The van der Waals surface area contributed by atoms with Gasteiger partial charge in [0.1, 0.15) is 6.54 Å². The van der Waals surface area contributed by atoms with Gasteiger partial charge in [0.05, 0.1) is 12.5 Å². The van der Waals surface area contributed by atoms with Crippen molar-refractivity contribution in [1.82, 2.24) is 15.1 Å². The fourth-order valence-corrected chi connectivity index (χ4v) is 2.65. The highest BCUT2D eigenvalue weighted by molar-refractivity contribution is 6.05. The first-order valence-corrected chi connectivity index (χ1v) is 7.97. The number of esters is 1. The zero-order chi connectivity index (χ0) is 18.5. The fourth-order valence-electron chi connectivity index (χ4n) is 2.65. The van der Waals surface area contributed by atoms with Crippen LogP contribution in [0.2, 0.25) is 0 Å². The minimum atomic E-state index is -0.539. The van der Waals surface area contributed by atoms with E-state index < -0.39 is 11.9 Å². The van der Waals surface area contributed by atoms with Gasteiger partial charge in [-0.05, 0) is 11.6 Å². The molecular weight excluding hydrogens is 334 g/mol. The number of aromatic amines is 1. The minimum absolute atomic E-state index is 0.0834. The van der Waals surface area contributed by atoms with Crippen LogP contribution in [-0.2, 0) is 16.1 Å². The number of ether oxygens (including phenoxy) is 1. The maximum absolute atomic E-state index is 13.1. The number of methoxy groups -OCH3 is 1. The average molecular weight is 351 g/mol. The Bertz CT molecular complexity index is 998. The van der Waals surface area contributed by atoms with Crippen LogP contribution in [0.25, 0.3) is 10.8 Å². The molecule has 0 atom stereocenters. The molecule has 1 heterocycles. The van der Waals surface area contributed by atoms with Crippen molar-refractivity contribution in [3.05, 3.63) is 76.2 Å². The fraction of sp³-hybridized carbons (Fsp3) is 0.158. The third-order valence-electron chi connectivity index (χ3n) is 3.95. The highest BCUT2D eigenvalue weighted by Gasteiger charge is 2.23. The summed E-state index contributed by atoms with van der Waals surface area (Å²) in [5, 5.41) is 7.06. The second-order valence-electron chi connectivity index (χ2n) is 5.67. The predicted octanol–water partition coefficient (Wildman–Crippen LogP) is 1.74. The smallest absolute Gasteiger partial charge is 0.325 e. The molecule has 1 N–H and O–H groups in total. The molecule has 7 nitrogen and oxygen atoms in total. The Morgan fingerprint density at radius 3 is 2.38 bits per heavy atom. The first-order chi connectivity index (χ1) is 12.6. The van der Waals surface area contributed by atoms with Crippen LogP contribution >= 0.6 is 0 Å². The van der Waals surface area contributed by atoms with Crippen LogP contribution in [0, 0.1) is 0 Å². The van der Waals surface area contributed by atoms with Crippen molar-refractivity contribution in [2.45, 2.75) is 6.54 Å². The molecule has 0 saturated heterocycles. The van der Waals surface area contributed by atoms with Crippen LogP contribution in [0.1, 0.15) is 16.1 Å². The second-order valence-corrected chi connectivity index (χ2v) is 5.67. The van der Waals surface area contributed by atoms with E-state index in [2.05, 4.69) is 10.2 Å². The van der Waals surface area contributed by atoms with E-state index in [-0.39, 0.29) is 24.3 Å². The van der Waals surface area contributed by atoms with Crippen LogP contribution < -0.4 is 5.56 Å². The molecule has 0 saturated carbocycles. The van der Waals surface area contributed by atoms with Gasteiger partial charge in [0.15, 0.2) is 5.69 Å². The summed E-state index contributed by atoms with van der Waals surface area (Å²) in [6.45, 7) is -0.0106. The van der Waals surface area contributed by atoms with Crippen molar-refractivity contribution in [3.8, 4) is 0 Å². The van der Waals surface area contributed by atoms with Crippen LogP contribution in [0.4, 0.5) is 0 Å². The number of aromatic nitrogens is 2. The molecule has 0 aliphatic rings. The van der Waals surface area contributed by atoms with Crippen LogP contribution in [0.3, 0.4) is 0 Å². The van der Waals surface area contributed by atoms with Crippen LogP contribution in [-0.4, -0.2) is 40.6 Å². The van der Waals surface area contributed by atoms with E-state index in [4.69, 9.17) is 4.74 Å². The molecule has 1 aromatic heterocycles. The lowest BCUT2D eigenvalue weighted by molar-refractivity contribution is -0.141. The Labute approximate surface area is 149 Å². The maximum atomic E-state index is 13.1. The molecule has 0 bridgehead atoms. The molecule has 0 radical (unpaired) electrons. The molecule has 2 aromatic carbocycles. The molecule has 1 amide bonds. The summed E-state index contributed by atoms with van der Waals surface area (Å²) in [6, 6.07) is 16.0. The van der Waals surface area contributed by atoms with E-state index in [9.17, 15) is 14.4 Å². The number of rotatable bonds is 5. The lowest BCUT2D eigenvalue weighted by Gasteiger charge is -2.21. The van der Waals surface area contributed by atoms with Gasteiger partial charge in [-0.15, -0.1) is 0 Å². The minimum Gasteiger partial charge on any atom is -0.468 e. The van der Waals surface area contributed by atoms with Crippen molar-refractivity contribution < 1.29 is 14.3 Å². The van der Waals surface area contributed by atoms with Crippen molar-refractivity contribution >= 4 is 22.6 Å². The topological polar surface area (TPSA) is 92.4 Å². The lowest BCUT2D eigenvalue weighted by Crippen LogP contribution is -2.36. The normalized spacial score (nSPS) is 10.5. The number of benzene rings is 2. The average Bonchev–Trinajstić information content (AvgIpc) is 2.68. The molecule has 0 aliphatic heterocycles. The highest BCUT2D eigenvalue weighted by atomic mass is 16.5. The van der Waals surface area contributed by atoms with Crippen LogP contribution in [0.5, 0.6) is 0 Å². The standard InChI is InChI=1S/C19H17N3O4/c1-26-16(23)12-22(11-13-7-3-2-4-8-13)19(25)17-14-9-5-6-10-15(14)18(24)21-20-17/h2-10H,11-12H2,1H3,(H,21,24). The molecule has 0 aliphatic carbocycles. The molecule has 26 heavy (non-hydrogen) atoms. The zero-order valence-electron chi connectivity index (χ0n) is 14.1. The third-order valence-corrected chi connectivity index (χ3v) is 3.95. The van der Waals surface area contributed by atoms with Crippen LogP contribution in [0.15, 0.2) is 59.4 Å². The number of hydrogen-bond acceptors (Lipinski definition) is 5.